The molecule has 1 fully saturated rings. The number of hydrogen-bond acceptors (Lipinski definition) is 1. The molecule has 0 heterocycles. The first-order valence-corrected chi connectivity index (χ1v) is 6.80. The summed E-state index contributed by atoms with van der Waals surface area (Å²) in [6.07, 6.45) is 10.8. The van der Waals surface area contributed by atoms with Gasteiger partial charge >= 0.3 is 0 Å². The third-order valence-electron chi connectivity index (χ3n) is 3.91. The number of hydrogen-bond donors (Lipinski definition) is 1. The first kappa shape index (κ1) is 14.1. The summed E-state index contributed by atoms with van der Waals surface area (Å²) in [5.41, 5.74) is 4.27. The molecule has 0 aliphatic heterocycles. The Kier molecular flexibility index (Phi) is 5.04. The van der Waals surface area contributed by atoms with Crippen molar-refractivity contribution in [3.8, 4) is 0 Å². The number of rotatable bonds is 5. The fourth-order valence-corrected chi connectivity index (χ4v) is 2.99. The quantitative estimate of drug-likeness (QED) is 0.685. The molecule has 1 rings (SSSR count). The van der Waals surface area contributed by atoms with Crippen molar-refractivity contribution < 1.29 is 0 Å². The molecule has 0 spiro atoms. The van der Waals surface area contributed by atoms with Gasteiger partial charge in [0.05, 0.1) is 0 Å². The van der Waals surface area contributed by atoms with Gasteiger partial charge in [0.1, 0.15) is 0 Å². The molecule has 0 unspecified atom stereocenters. The van der Waals surface area contributed by atoms with Gasteiger partial charge in [-0.05, 0) is 38.7 Å². The normalized spacial score (nSPS) is 18.4. The van der Waals surface area contributed by atoms with Crippen molar-refractivity contribution in [3.63, 3.8) is 0 Å². The Morgan fingerprint density at radius 1 is 1.29 bits per heavy atom. The van der Waals surface area contributed by atoms with Crippen molar-refractivity contribution in [2.24, 2.45) is 5.41 Å². The molecular weight excluding hydrogens is 206 g/mol. The van der Waals surface area contributed by atoms with Crippen LogP contribution in [0.1, 0.15) is 52.9 Å². The van der Waals surface area contributed by atoms with E-state index in [1.54, 1.807) is 0 Å². The summed E-state index contributed by atoms with van der Waals surface area (Å²) in [6, 6.07) is 0. The zero-order chi connectivity index (χ0) is 12.9. The minimum Gasteiger partial charge on any atom is -0.391 e. The lowest BCUT2D eigenvalue weighted by Gasteiger charge is -2.34. The Morgan fingerprint density at radius 3 is 2.29 bits per heavy atom. The van der Waals surface area contributed by atoms with Crippen LogP contribution in [0.25, 0.3) is 0 Å². The molecule has 96 valence electrons. The summed E-state index contributed by atoms with van der Waals surface area (Å²) < 4.78 is 0. The van der Waals surface area contributed by atoms with E-state index in [-0.39, 0.29) is 5.41 Å². The van der Waals surface area contributed by atoms with Gasteiger partial charge in [-0.15, -0.1) is 0 Å². The average Bonchev–Trinajstić information content (AvgIpc) is 2.78. The lowest BCUT2D eigenvalue weighted by Crippen LogP contribution is -2.29. The van der Waals surface area contributed by atoms with Gasteiger partial charge in [-0.2, -0.15) is 0 Å². The zero-order valence-corrected chi connectivity index (χ0v) is 11.9. The van der Waals surface area contributed by atoms with Gasteiger partial charge < -0.3 is 5.32 Å². The van der Waals surface area contributed by atoms with Crippen LogP contribution in [0.15, 0.2) is 35.6 Å². The van der Waals surface area contributed by atoms with Crippen LogP contribution in [0.4, 0.5) is 0 Å². The van der Waals surface area contributed by atoms with Crippen LogP contribution in [-0.4, -0.2) is 7.05 Å². The lowest BCUT2D eigenvalue weighted by atomic mass is 9.74. The summed E-state index contributed by atoms with van der Waals surface area (Å²) in [5.74, 6) is 0. The van der Waals surface area contributed by atoms with E-state index in [9.17, 15) is 0 Å². The second-order valence-electron chi connectivity index (χ2n) is 5.24. The Morgan fingerprint density at radius 2 is 1.88 bits per heavy atom. The van der Waals surface area contributed by atoms with Crippen molar-refractivity contribution in [1.29, 1.82) is 0 Å². The van der Waals surface area contributed by atoms with E-state index >= 15 is 0 Å². The predicted molar refractivity (Wildman–Crippen MR) is 76.9 cm³/mol. The standard InChI is InChI=1S/C16H27N/c1-6-7-10-15(13(2)3)16(14(4)17-5)11-8-9-12-16/h7,10,17H,4,6,8-9,11-12H2,1-3,5H3/b10-7-. The molecule has 0 radical (unpaired) electrons. The van der Waals surface area contributed by atoms with Crippen LogP contribution in [0.3, 0.4) is 0 Å². The topological polar surface area (TPSA) is 12.0 Å². The Labute approximate surface area is 107 Å². The highest BCUT2D eigenvalue weighted by molar-refractivity contribution is 5.38. The van der Waals surface area contributed by atoms with E-state index in [4.69, 9.17) is 0 Å². The van der Waals surface area contributed by atoms with E-state index < -0.39 is 0 Å². The van der Waals surface area contributed by atoms with Gasteiger partial charge in [0, 0.05) is 18.2 Å². The largest absolute Gasteiger partial charge is 0.391 e. The van der Waals surface area contributed by atoms with Crippen molar-refractivity contribution >= 4 is 0 Å². The van der Waals surface area contributed by atoms with Crippen molar-refractivity contribution in [2.45, 2.75) is 52.9 Å². The molecule has 17 heavy (non-hydrogen) atoms. The Hall–Kier alpha value is -0.980. The predicted octanol–water partition coefficient (Wildman–Crippen LogP) is 4.58. The number of nitrogens with one attached hydrogen (secondary N) is 1. The first-order valence-electron chi connectivity index (χ1n) is 6.80. The van der Waals surface area contributed by atoms with Crippen LogP contribution in [-0.2, 0) is 0 Å². The molecule has 0 aromatic heterocycles. The second-order valence-corrected chi connectivity index (χ2v) is 5.24. The van der Waals surface area contributed by atoms with E-state index in [0.717, 1.165) is 6.42 Å². The van der Waals surface area contributed by atoms with E-state index in [2.05, 4.69) is 44.8 Å². The molecule has 1 N–H and O–H groups in total. The second kappa shape index (κ2) is 6.09. The van der Waals surface area contributed by atoms with E-state index in [1.165, 1.54) is 42.5 Å². The molecule has 0 bridgehead atoms. The summed E-state index contributed by atoms with van der Waals surface area (Å²) >= 11 is 0. The Bertz CT molecular complexity index is 323. The van der Waals surface area contributed by atoms with Crippen molar-refractivity contribution in [2.75, 3.05) is 7.05 Å². The third-order valence-corrected chi connectivity index (χ3v) is 3.91. The van der Waals surface area contributed by atoms with E-state index in [1.807, 2.05) is 7.05 Å². The SMILES string of the molecule is C=C(NC)C1(C(/C=C\CC)=C(C)C)CCCC1. The first-order chi connectivity index (χ1) is 8.08. The summed E-state index contributed by atoms with van der Waals surface area (Å²) in [6.45, 7) is 10.9. The summed E-state index contributed by atoms with van der Waals surface area (Å²) in [4.78, 5) is 0. The zero-order valence-electron chi connectivity index (χ0n) is 11.9. The maximum atomic E-state index is 4.26. The Balaban J connectivity index is 3.16. The molecule has 0 aromatic rings. The molecule has 1 nitrogen and oxygen atoms in total. The van der Waals surface area contributed by atoms with Gasteiger partial charge in [0.25, 0.3) is 0 Å². The summed E-state index contributed by atoms with van der Waals surface area (Å²) in [5, 5.41) is 3.30. The van der Waals surface area contributed by atoms with Crippen LogP contribution in [0.2, 0.25) is 0 Å². The van der Waals surface area contributed by atoms with Gasteiger partial charge in [0.15, 0.2) is 0 Å². The van der Waals surface area contributed by atoms with Gasteiger partial charge in [-0.1, -0.05) is 44.1 Å². The molecule has 0 saturated heterocycles. The van der Waals surface area contributed by atoms with Crippen LogP contribution >= 0.6 is 0 Å². The molecule has 1 heteroatoms. The molecule has 1 saturated carbocycles. The van der Waals surface area contributed by atoms with E-state index in [0.29, 0.717) is 0 Å². The van der Waals surface area contributed by atoms with Crippen LogP contribution in [0, 0.1) is 5.41 Å². The molecule has 0 aromatic carbocycles. The molecule has 0 atom stereocenters. The molecular formula is C16H27N. The molecule has 1 aliphatic rings. The smallest absolute Gasteiger partial charge is 0.0343 e. The highest BCUT2D eigenvalue weighted by atomic mass is 14.9. The molecule has 0 amide bonds. The lowest BCUT2D eigenvalue weighted by molar-refractivity contribution is 0.429. The fraction of sp³-hybridized carbons (Fsp3) is 0.625. The fourth-order valence-electron chi connectivity index (χ4n) is 2.99. The van der Waals surface area contributed by atoms with Gasteiger partial charge in [-0.25, -0.2) is 0 Å². The maximum Gasteiger partial charge on any atom is 0.0343 e. The monoisotopic (exact) mass is 233 g/mol. The van der Waals surface area contributed by atoms with Crippen LogP contribution in [0.5, 0.6) is 0 Å². The summed E-state index contributed by atoms with van der Waals surface area (Å²) in [7, 11) is 1.99. The highest BCUT2D eigenvalue weighted by Gasteiger charge is 2.39. The average molecular weight is 233 g/mol. The minimum absolute atomic E-state index is 0.180. The van der Waals surface area contributed by atoms with Gasteiger partial charge in [0.2, 0.25) is 0 Å². The maximum absolute atomic E-state index is 4.26. The highest BCUT2D eigenvalue weighted by Crippen LogP contribution is 2.49. The van der Waals surface area contributed by atoms with Crippen molar-refractivity contribution in [3.05, 3.63) is 35.6 Å². The third kappa shape index (κ3) is 2.83. The van der Waals surface area contributed by atoms with Crippen LogP contribution < -0.4 is 5.32 Å². The number of allylic oxidation sites excluding steroid dienone is 4. The van der Waals surface area contributed by atoms with Gasteiger partial charge in [-0.3, -0.25) is 0 Å². The minimum atomic E-state index is 0.180. The van der Waals surface area contributed by atoms with Crippen molar-refractivity contribution in [1.82, 2.24) is 5.32 Å². The molecule has 1 aliphatic carbocycles.